The number of carbonyl (C=O) groups excluding carboxylic acids is 1. The van der Waals surface area contributed by atoms with Crippen molar-refractivity contribution in [2.45, 2.75) is 20.8 Å². The number of ketones is 1. The van der Waals surface area contributed by atoms with E-state index < -0.39 is 6.64 Å². The summed E-state index contributed by atoms with van der Waals surface area (Å²) in [6.07, 6.45) is 0. The summed E-state index contributed by atoms with van der Waals surface area (Å²) in [5.74, 6) is -0.0207. The van der Waals surface area contributed by atoms with Crippen molar-refractivity contribution in [1.29, 1.82) is 0 Å². The maximum Gasteiger partial charge on any atom is 0.287 e. The van der Waals surface area contributed by atoms with Crippen LogP contribution < -0.4 is 5.09 Å². The van der Waals surface area contributed by atoms with Crippen LogP contribution >= 0.6 is 6.64 Å². The van der Waals surface area contributed by atoms with Crippen LogP contribution in [0.2, 0.25) is 0 Å². The van der Waals surface area contributed by atoms with Crippen LogP contribution in [0.3, 0.4) is 0 Å². The van der Waals surface area contributed by atoms with E-state index in [9.17, 15) is 4.79 Å². The lowest BCUT2D eigenvalue weighted by Gasteiger charge is -2.23. The molecule has 0 bridgehead atoms. The van der Waals surface area contributed by atoms with Gasteiger partial charge in [0.1, 0.15) is 0 Å². The number of carbonyl (C=O) groups is 1. The summed E-state index contributed by atoms with van der Waals surface area (Å²) in [6.45, 7) is 3.59. The number of nitrogens with one attached hydrogen (secondary N) is 1. The molecule has 0 amide bonds. The monoisotopic (exact) mass is 287 g/mol. The minimum absolute atomic E-state index is 0.0207. The Labute approximate surface area is 113 Å². The summed E-state index contributed by atoms with van der Waals surface area (Å²) < 4.78 is 11.0. The fourth-order valence-corrected chi connectivity index (χ4v) is 3.78. The maximum atomic E-state index is 11.5. The fraction of sp³-hybridized carbons (Fsp3) is 0.417. The van der Waals surface area contributed by atoms with Crippen LogP contribution in [0.25, 0.3) is 0 Å². The number of hydrogen-bond acceptors (Lipinski definition) is 4. The highest BCUT2D eigenvalue weighted by Crippen LogP contribution is 2.48. The Balaban J connectivity index is 3.01. The standard InChI is InChI=1S/C12H18NO3PS/c1-4-15-17(18,16-5-2)13-12-9-7-6-8-11(12)10(3)14/h6-9H,4-5H2,1-3H3,(H,13,18). The maximum absolute atomic E-state index is 11.5. The molecule has 0 atom stereocenters. The zero-order valence-corrected chi connectivity index (χ0v) is 12.5. The topological polar surface area (TPSA) is 47.6 Å². The number of benzene rings is 1. The lowest BCUT2D eigenvalue weighted by molar-refractivity contribution is 0.101. The second-order valence-electron chi connectivity index (χ2n) is 3.55. The van der Waals surface area contributed by atoms with Crippen LogP contribution in [-0.2, 0) is 20.9 Å². The van der Waals surface area contributed by atoms with Gasteiger partial charge in [-0.3, -0.25) is 4.79 Å². The minimum Gasteiger partial charge on any atom is -0.315 e. The van der Waals surface area contributed by atoms with Gasteiger partial charge in [0.25, 0.3) is 6.64 Å². The van der Waals surface area contributed by atoms with E-state index in [-0.39, 0.29) is 5.78 Å². The normalized spacial score (nSPS) is 11.3. The first-order valence-corrected chi connectivity index (χ1v) is 8.43. The lowest BCUT2D eigenvalue weighted by Crippen LogP contribution is -2.07. The molecule has 1 N–H and O–H groups in total. The van der Waals surface area contributed by atoms with E-state index in [2.05, 4.69) is 5.09 Å². The van der Waals surface area contributed by atoms with Gasteiger partial charge in [-0.25, -0.2) is 0 Å². The smallest absolute Gasteiger partial charge is 0.287 e. The van der Waals surface area contributed by atoms with Gasteiger partial charge in [-0.2, -0.15) is 0 Å². The molecule has 0 aromatic heterocycles. The molecule has 0 spiro atoms. The van der Waals surface area contributed by atoms with Crippen LogP contribution in [0.15, 0.2) is 24.3 Å². The van der Waals surface area contributed by atoms with Gasteiger partial charge in [0.2, 0.25) is 0 Å². The Morgan fingerprint density at radius 2 is 1.83 bits per heavy atom. The minimum atomic E-state index is -2.58. The van der Waals surface area contributed by atoms with Gasteiger partial charge in [-0.05, 0) is 44.7 Å². The number of hydrogen-bond donors (Lipinski definition) is 1. The Kier molecular flexibility index (Phi) is 5.96. The van der Waals surface area contributed by atoms with Crippen molar-refractivity contribution in [2.75, 3.05) is 18.3 Å². The fourth-order valence-electron chi connectivity index (χ4n) is 1.48. The Morgan fingerprint density at radius 3 is 2.33 bits per heavy atom. The van der Waals surface area contributed by atoms with Crippen molar-refractivity contribution in [1.82, 2.24) is 0 Å². The molecule has 1 aromatic carbocycles. The van der Waals surface area contributed by atoms with Crippen LogP contribution in [0, 0.1) is 0 Å². The van der Waals surface area contributed by atoms with Gasteiger partial charge < -0.3 is 14.1 Å². The summed E-state index contributed by atoms with van der Waals surface area (Å²) in [7, 11) is 0. The van der Waals surface area contributed by atoms with Crippen molar-refractivity contribution >= 4 is 29.9 Å². The summed E-state index contributed by atoms with van der Waals surface area (Å²) >= 11 is 5.37. The highest BCUT2D eigenvalue weighted by Gasteiger charge is 2.20. The Morgan fingerprint density at radius 1 is 1.28 bits per heavy atom. The lowest BCUT2D eigenvalue weighted by atomic mass is 10.1. The quantitative estimate of drug-likeness (QED) is 0.613. The van der Waals surface area contributed by atoms with Crippen LogP contribution in [0.5, 0.6) is 0 Å². The third-order valence-electron chi connectivity index (χ3n) is 2.16. The Hall–Kier alpha value is -0.740. The highest BCUT2D eigenvalue weighted by molar-refractivity contribution is 8.10. The molecule has 100 valence electrons. The van der Waals surface area contributed by atoms with Gasteiger partial charge in [0.05, 0.1) is 18.9 Å². The predicted octanol–water partition coefficient (Wildman–Crippen LogP) is 3.60. The van der Waals surface area contributed by atoms with E-state index in [0.29, 0.717) is 24.5 Å². The highest BCUT2D eigenvalue weighted by atomic mass is 32.5. The molecular weight excluding hydrogens is 269 g/mol. The van der Waals surface area contributed by atoms with Gasteiger partial charge in [-0.15, -0.1) is 0 Å². The van der Waals surface area contributed by atoms with E-state index in [0.717, 1.165) is 0 Å². The van der Waals surface area contributed by atoms with Crippen molar-refractivity contribution in [3.63, 3.8) is 0 Å². The second-order valence-corrected chi connectivity index (χ2v) is 6.72. The largest absolute Gasteiger partial charge is 0.315 e. The summed E-state index contributed by atoms with van der Waals surface area (Å²) in [4.78, 5) is 11.5. The molecule has 18 heavy (non-hydrogen) atoms. The molecule has 0 saturated carbocycles. The summed E-state index contributed by atoms with van der Waals surface area (Å²) in [5, 5.41) is 3.07. The third-order valence-corrected chi connectivity index (χ3v) is 4.78. The van der Waals surface area contributed by atoms with Crippen molar-refractivity contribution in [3.8, 4) is 0 Å². The van der Waals surface area contributed by atoms with Crippen LogP contribution in [-0.4, -0.2) is 19.0 Å². The molecule has 0 heterocycles. The average Bonchev–Trinajstić information content (AvgIpc) is 2.29. The molecule has 4 nitrogen and oxygen atoms in total. The van der Waals surface area contributed by atoms with Crippen LogP contribution in [0.4, 0.5) is 5.69 Å². The Bertz CT molecular complexity index is 454. The molecule has 0 aliphatic rings. The molecule has 0 aliphatic heterocycles. The molecule has 6 heteroatoms. The number of rotatable bonds is 7. The van der Waals surface area contributed by atoms with E-state index in [1.54, 1.807) is 12.1 Å². The number of Topliss-reactive ketones (excluding diaryl/α,β-unsaturated/α-hetero) is 1. The van der Waals surface area contributed by atoms with Crippen molar-refractivity contribution < 1.29 is 13.8 Å². The van der Waals surface area contributed by atoms with E-state index in [1.165, 1.54) is 6.92 Å². The van der Waals surface area contributed by atoms with E-state index in [1.807, 2.05) is 26.0 Å². The van der Waals surface area contributed by atoms with Gasteiger partial charge in [0, 0.05) is 5.56 Å². The molecular formula is C12H18NO3PS. The van der Waals surface area contributed by atoms with Gasteiger partial charge >= 0.3 is 0 Å². The second kappa shape index (κ2) is 7.00. The molecule has 1 rings (SSSR count). The van der Waals surface area contributed by atoms with Crippen molar-refractivity contribution in [3.05, 3.63) is 29.8 Å². The van der Waals surface area contributed by atoms with Gasteiger partial charge in [0.15, 0.2) is 5.78 Å². The van der Waals surface area contributed by atoms with Crippen molar-refractivity contribution in [2.24, 2.45) is 0 Å². The third kappa shape index (κ3) is 4.18. The molecule has 0 unspecified atom stereocenters. The molecule has 0 aliphatic carbocycles. The SMILES string of the molecule is CCOP(=S)(Nc1ccccc1C(C)=O)OCC. The van der Waals surface area contributed by atoms with Gasteiger partial charge in [-0.1, -0.05) is 12.1 Å². The predicted molar refractivity (Wildman–Crippen MR) is 77.6 cm³/mol. The van der Waals surface area contributed by atoms with Crippen LogP contribution in [0.1, 0.15) is 31.1 Å². The average molecular weight is 287 g/mol. The molecule has 0 fully saturated rings. The van der Waals surface area contributed by atoms with E-state index in [4.69, 9.17) is 20.9 Å². The molecule has 0 saturated heterocycles. The first-order chi connectivity index (χ1) is 8.52. The molecule has 1 aromatic rings. The zero-order valence-electron chi connectivity index (χ0n) is 10.8. The summed E-state index contributed by atoms with van der Waals surface area (Å²) in [6, 6.07) is 7.21. The van der Waals surface area contributed by atoms with E-state index >= 15 is 0 Å². The number of anilines is 1. The molecule has 0 radical (unpaired) electrons. The first kappa shape index (κ1) is 15.3. The zero-order chi connectivity index (χ0) is 13.6. The number of para-hydroxylation sites is 1. The first-order valence-electron chi connectivity index (χ1n) is 5.79. The summed E-state index contributed by atoms with van der Waals surface area (Å²) in [5.41, 5.74) is 1.25.